The highest BCUT2D eigenvalue weighted by Crippen LogP contribution is 2.28. The molecule has 1 unspecified atom stereocenters. The quantitative estimate of drug-likeness (QED) is 0.665. The van der Waals surface area contributed by atoms with Crippen molar-refractivity contribution < 1.29 is 14.3 Å². The van der Waals surface area contributed by atoms with E-state index in [1.807, 2.05) is 13.8 Å². The summed E-state index contributed by atoms with van der Waals surface area (Å²) in [5.41, 5.74) is -0.373. The summed E-state index contributed by atoms with van der Waals surface area (Å²) in [6.07, 6.45) is 3.73. The minimum absolute atomic E-state index is 0.0333. The molecule has 0 spiro atoms. The topological polar surface area (TPSA) is 55.4 Å². The molecule has 0 heterocycles. The van der Waals surface area contributed by atoms with Gasteiger partial charge >= 0.3 is 5.97 Å². The number of rotatable bonds is 8. The monoisotopic (exact) mass is 243 g/mol. The average molecular weight is 243 g/mol. The van der Waals surface area contributed by atoms with Crippen LogP contribution in [0.5, 0.6) is 0 Å². The second-order valence-corrected chi connectivity index (χ2v) is 4.51. The second kappa shape index (κ2) is 8.09. The summed E-state index contributed by atoms with van der Waals surface area (Å²) in [5.74, 6) is -0.434. The lowest BCUT2D eigenvalue weighted by atomic mass is 9.81. The molecule has 4 heteroatoms. The van der Waals surface area contributed by atoms with Gasteiger partial charge in [-0.15, -0.1) is 0 Å². The Hall–Kier alpha value is -1.06. The summed E-state index contributed by atoms with van der Waals surface area (Å²) in [6.45, 7) is 8.11. The second-order valence-electron chi connectivity index (χ2n) is 4.51. The Morgan fingerprint density at radius 3 is 2.35 bits per heavy atom. The zero-order valence-electron chi connectivity index (χ0n) is 11.5. The van der Waals surface area contributed by atoms with Crippen LogP contribution in [0.15, 0.2) is 0 Å². The number of ether oxygens (including phenoxy) is 1. The van der Waals surface area contributed by atoms with Crippen molar-refractivity contribution in [2.45, 2.75) is 53.4 Å². The van der Waals surface area contributed by atoms with Crippen LogP contribution in [-0.4, -0.2) is 25.0 Å². The van der Waals surface area contributed by atoms with Crippen molar-refractivity contribution >= 4 is 11.9 Å². The van der Waals surface area contributed by atoms with E-state index >= 15 is 0 Å². The zero-order valence-corrected chi connectivity index (χ0v) is 11.5. The molecule has 17 heavy (non-hydrogen) atoms. The number of carbonyl (C=O) groups is 2. The van der Waals surface area contributed by atoms with E-state index in [0.717, 1.165) is 25.7 Å². The van der Waals surface area contributed by atoms with Gasteiger partial charge in [-0.25, -0.2) is 0 Å². The smallest absolute Gasteiger partial charge is 0.325 e. The summed E-state index contributed by atoms with van der Waals surface area (Å²) in [5, 5.41) is 2.65. The Bertz CT molecular complexity index is 253. The van der Waals surface area contributed by atoms with Crippen LogP contribution < -0.4 is 5.32 Å². The van der Waals surface area contributed by atoms with E-state index in [2.05, 4.69) is 12.2 Å². The van der Waals surface area contributed by atoms with E-state index in [1.165, 1.54) is 0 Å². The Morgan fingerprint density at radius 1 is 1.24 bits per heavy atom. The minimum Gasteiger partial charge on any atom is -0.465 e. The highest BCUT2D eigenvalue weighted by atomic mass is 16.5. The molecule has 0 aromatic heterocycles. The third-order valence-electron chi connectivity index (χ3n) is 3.11. The lowest BCUT2D eigenvalue weighted by molar-refractivity contribution is -0.144. The van der Waals surface area contributed by atoms with Crippen molar-refractivity contribution in [1.82, 2.24) is 5.32 Å². The first-order chi connectivity index (χ1) is 8.00. The standard InChI is InChI=1S/C13H25NO3/c1-5-8-9-13(4,6-2)12(16)14-10-11(15)17-7-3/h5-10H2,1-4H3,(H,14,16). The molecule has 100 valence electrons. The number of hydrogen-bond acceptors (Lipinski definition) is 3. The first-order valence-electron chi connectivity index (χ1n) is 6.44. The molecule has 4 nitrogen and oxygen atoms in total. The summed E-state index contributed by atoms with van der Waals surface area (Å²) in [6, 6.07) is 0. The van der Waals surface area contributed by atoms with Crippen LogP contribution >= 0.6 is 0 Å². The lowest BCUT2D eigenvalue weighted by Gasteiger charge is -2.26. The molecule has 0 aromatic carbocycles. The summed E-state index contributed by atoms with van der Waals surface area (Å²) in [4.78, 5) is 23.1. The third kappa shape index (κ3) is 5.71. The first kappa shape index (κ1) is 15.9. The molecule has 1 amide bonds. The van der Waals surface area contributed by atoms with Crippen molar-refractivity contribution in [2.75, 3.05) is 13.2 Å². The number of carbonyl (C=O) groups excluding carboxylic acids is 2. The maximum absolute atomic E-state index is 12.0. The van der Waals surface area contributed by atoms with Gasteiger partial charge < -0.3 is 10.1 Å². The predicted molar refractivity (Wildman–Crippen MR) is 67.6 cm³/mol. The molecule has 0 saturated heterocycles. The molecule has 0 radical (unpaired) electrons. The van der Waals surface area contributed by atoms with Gasteiger partial charge in [0.2, 0.25) is 5.91 Å². The SMILES string of the molecule is CCCCC(C)(CC)C(=O)NCC(=O)OCC. The van der Waals surface area contributed by atoms with Crippen LogP contribution in [0.2, 0.25) is 0 Å². The fraction of sp³-hybridized carbons (Fsp3) is 0.846. The minimum atomic E-state index is -0.380. The number of unbranched alkanes of at least 4 members (excludes halogenated alkanes) is 1. The summed E-state index contributed by atoms with van der Waals surface area (Å²) < 4.78 is 4.77. The molecule has 0 aliphatic carbocycles. The molecule has 1 N–H and O–H groups in total. The van der Waals surface area contributed by atoms with Gasteiger partial charge in [0.25, 0.3) is 0 Å². The summed E-state index contributed by atoms with van der Waals surface area (Å²) in [7, 11) is 0. The van der Waals surface area contributed by atoms with Crippen molar-refractivity contribution in [3.05, 3.63) is 0 Å². The molecule has 0 fully saturated rings. The first-order valence-corrected chi connectivity index (χ1v) is 6.44. The predicted octanol–water partition coefficient (Wildman–Crippen LogP) is 2.27. The van der Waals surface area contributed by atoms with Crippen LogP contribution in [-0.2, 0) is 14.3 Å². The van der Waals surface area contributed by atoms with E-state index in [4.69, 9.17) is 4.74 Å². The Morgan fingerprint density at radius 2 is 1.88 bits per heavy atom. The van der Waals surface area contributed by atoms with Gasteiger partial charge in [-0.05, 0) is 19.8 Å². The van der Waals surface area contributed by atoms with Crippen LogP contribution in [0.3, 0.4) is 0 Å². The van der Waals surface area contributed by atoms with Crippen LogP contribution in [0.4, 0.5) is 0 Å². The van der Waals surface area contributed by atoms with Gasteiger partial charge in [0, 0.05) is 5.41 Å². The van der Waals surface area contributed by atoms with Crippen LogP contribution in [0.25, 0.3) is 0 Å². The van der Waals surface area contributed by atoms with Gasteiger partial charge in [0.1, 0.15) is 6.54 Å². The molecule has 0 bridgehead atoms. The number of hydrogen-bond donors (Lipinski definition) is 1. The van der Waals surface area contributed by atoms with Crippen LogP contribution in [0.1, 0.15) is 53.4 Å². The number of amides is 1. The van der Waals surface area contributed by atoms with Gasteiger partial charge in [0.05, 0.1) is 6.61 Å². The van der Waals surface area contributed by atoms with Gasteiger partial charge in [-0.2, -0.15) is 0 Å². The normalized spacial score (nSPS) is 13.9. The largest absolute Gasteiger partial charge is 0.465 e. The van der Waals surface area contributed by atoms with E-state index in [9.17, 15) is 9.59 Å². The summed E-state index contributed by atoms with van der Waals surface area (Å²) >= 11 is 0. The molecule has 0 saturated carbocycles. The maximum atomic E-state index is 12.0. The Balaban J connectivity index is 4.20. The van der Waals surface area contributed by atoms with E-state index < -0.39 is 0 Å². The Labute approximate surface area is 104 Å². The Kier molecular flexibility index (Phi) is 7.59. The van der Waals surface area contributed by atoms with E-state index in [-0.39, 0.29) is 23.8 Å². The van der Waals surface area contributed by atoms with Crippen molar-refractivity contribution in [1.29, 1.82) is 0 Å². The average Bonchev–Trinajstić information content (AvgIpc) is 2.33. The zero-order chi connectivity index (χ0) is 13.3. The molecular formula is C13H25NO3. The fourth-order valence-electron chi connectivity index (χ4n) is 1.60. The van der Waals surface area contributed by atoms with Gasteiger partial charge in [-0.3, -0.25) is 9.59 Å². The highest BCUT2D eigenvalue weighted by molar-refractivity contribution is 5.85. The third-order valence-corrected chi connectivity index (χ3v) is 3.11. The van der Waals surface area contributed by atoms with Crippen molar-refractivity contribution in [3.8, 4) is 0 Å². The molecule has 1 atom stereocenters. The van der Waals surface area contributed by atoms with Crippen LogP contribution in [0, 0.1) is 5.41 Å². The lowest BCUT2D eigenvalue weighted by Crippen LogP contribution is -2.41. The number of esters is 1. The van der Waals surface area contributed by atoms with Crippen molar-refractivity contribution in [2.24, 2.45) is 5.41 Å². The molecule has 0 aliphatic heterocycles. The molecule has 0 aliphatic rings. The van der Waals surface area contributed by atoms with E-state index in [0.29, 0.717) is 6.61 Å². The molecule has 0 aromatic rings. The van der Waals surface area contributed by atoms with E-state index in [1.54, 1.807) is 6.92 Å². The fourth-order valence-corrected chi connectivity index (χ4v) is 1.60. The molecule has 0 rings (SSSR count). The van der Waals surface area contributed by atoms with Gasteiger partial charge in [-0.1, -0.05) is 33.6 Å². The maximum Gasteiger partial charge on any atom is 0.325 e. The highest BCUT2D eigenvalue weighted by Gasteiger charge is 2.30. The molecular weight excluding hydrogens is 218 g/mol. The van der Waals surface area contributed by atoms with Gasteiger partial charge in [0.15, 0.2) is 0 Å². The van der Waals surface area contributed by atoms with Crippen molar-refractivity contribution in [3.63, 3.8) is 0 Å². The number of nitrogens with one attached hydrogen (secondary N) is 1.